The average Bonchev–Trinajstić information content (AvgIpc) is 2.91. The topological polar surface area (TPSA) is 111 Å². The van der Waals surface area contributed by atoms with Crippen molar-refractivity contribution in [2.24, 2.45) is 0 Å². The van der Waals surface area contributed by atoms with Gasteiger partial charge < -0.3 is 10.1 Å². The third kappa shape index (κ3) is 8.06. The fourth-order valence-electron chi connectivity index (χ4n) is 3.51. The molecule has 13 heteroatoms. The number of benzene rings is 3. The van der Waals surface area contributed by atoms with E-state index < -0.39 is 34.4 Å². The molecule has 0 atom stereocenters. The molecule has 0 unspecified atom stereocenters. The summed E-state index contributed by atoms with van der Waals surface area (Å²) in [5.41, 5.74) is 2.04. The Morgan fingerprint density at radius 2 is 1.50 bits per heavy atom. The second kappa shape index (κ2) is 11.8. The average molecular weight is 575 g/mol. The molecule has 0 aliphatic carbocycles. The van der Waals surface area contributed by atoms with E-state index in [-0.39, 0.29) is 35.4 Å². The number of rotatable bonds is 10. The molecule has 0 radical (unpaired) electrons. The van der Waals surface area contributed by atoms with Crippen LogP contribution in [0.1, 0.15) is 21.5 Å². The molecule has 4 rings (SSSR count). The first kappa shape index (κ1) is 28.6. The number of ether oxygens (including phenoxy) is 1. The molecule has 0 spiro atoms. The van der Waals surface area contributed by atoms with Gasteiger partial charge in [-0.3, -0.25) is 4.79 Å². The van der Waals surface area contributed by atoms with Gasteiger partial charge in [-0.15, -0.1) is 0 Å². The molecule has 8 nitrogen and oxygen atoms in total. The number of Topliss-reactive ketones (excluding diaryl/α,β-unsaturated/α-hetero) is 1. The lowest BCUT2D eigenvalue weighted by atomic mass is 10.0. The number of anilines is 1. The molecule has 0 saturated carbocycles. The Morgan fingerprint density at radius 1 is 0.875 bits per heavy atom. The number of alkyl halides is 3. The van der Waals surface area contributed by atoms with Crippen LogP contribution in [0.15, 0.2) is 77.7 Å². The molecular weight excluding hydrogens is 552 g/mol. The van der Waals surface area contributed by atoms with E-state index in [1.807, 2.05) is 0 Å². The summed E-state index contributed by atoms with van der Waals surface area (Å²) in [6.07, 6.45) is -3.49. The van der Waals surface area contributed by atoms with Crippen LogP contribution in [0.2, 0.25) is 0 Å². The molecule has 0 saturated heterocycles. The summed E-state index contributed by atoms with van der Waals surface area (Å²) in [6, 6.07) is 17.1. The molecule has 208 valence electrons. The number of hydrogen-bond acceptors (Lipinski definition) is 8. The van der Waals surface area contributed by atoms with E-state index in [1.165, 1.54) is 60.7 Å². The third-order valence-corrected chi connectivity index (χ3v) is 6.65. The first-order chi connectivity index (χ1) is 18.9. The van der Waals surface area contributed by atoms with Gasteiger partial charge in [0.2, 0.25) is 5.95 Å². The van der Waals surface area contributed by atoms with Crippen molar-refractivity contribution in [1.29, 1.82) is 0 Å². The van der Waals surface area contributed by atoms with Crippen LogP contribution < -0.4 is 10.1 Å². The summed E-state index contributed by atoms with van der Waals surface area (Å²) in [4.78, 5) is 25.0. The number of carbonyl (C=O) groups is 1. The second-order valence-electron chi connectivity index (χ2n) is 8.74. The lowest BCUT2D eigenvalue weighted by Crippen LogP contribution is -2.20. The van der Waals surface area contributed by atoms with E-state index in [2.05, 4.69) is 20.3 Å². The normalized spacial score (nSPS) is 11.7. The highest BCUT2D eigenvalue weighted by Crippen LogP contribution is 2.23. The Kier molecular flexibility index (Phi) is 8.43. The van der Waals surface area contributed by atoms with Crippen LogP contribution in [0.25, 0.3) is 11.4 Å². The fourth-order valence-corrected chi connectivity index (χ4v) is 4.14. The van der Waals surface area contributed by atoms with Crippen LogP contribution in [0.4, 0.5) is 23.5 Å². The van der Waals surface area contributed by atoms with Gasteiger partial charge in [-0.25, -0.2) is 12.8 Å². The smallest absolute Gasteiger partial charge is 0.422 e. The molecule has 0 aliphatic heterocycles. The zero-order chi connectivity index (χ0) is 28.9. The third-order valence-electron chi connectivity index (χ3n) is 5.52. The summed E-state index contributed by atoms with van der Waals surface area (Å²) in [6.45, 7) is -1.45. The summed E-state index contributed by atoms with van der Waals surface area (Å²) in [5.74, 6) is -0.709. The van der Waals surface area contributed by atoms with Crippen molar-refractivity contribution in [3.63, 3.8) is 0 Å². The number of ketones is 1. The lowest BCUT2D eigenvalue weighted by Gasteiger charge is -2.11. The van der Waals surface area contributed by atoms with E-state index in [0.717, 1.165) is 6.26 Å². The molecule has 0 amide bonds. The Bertz CT molecular complexity index is 1590. The number of carbonyl (C=O) groups excluding carboxylic acids is 1. The maximum atomic E-state index is 13.2. The molecule has 3 aromatic carbocycles. The highest BCUT2D eigenvalue weighted by atomic mass is 32.2. The molecule has 0 fully saturated rings. The lowest BCUT2D eigenvalue weighted by molar-refractivity contribution is -0.154. The number of sulfone groups is 1. The summed E-state index contributed by atoms with van der Waals surface area (Å²) < 4.78 is 79.3. The summed E-state index contributed by atoms with van der Waals surface area (Å²) in [7, 11) is -3.35. The number of hydrogen-bond donors (Lipinski definition) is 1. The number of nitrogens with one attached hydrogen (secondary N) is 1. The van der Waals surface area contributed by atoms with Crippen LogP contribution in [-0.4, -0.2) is 48.2 Å². The highest BCUT2D eigenvalue weighted by molar-refractivity contribution is 7.90. The molecule has 0 aliphatic rings. The van der Waals surface area contributed by atoms with Gasteiger partial charge >= 0.3 is 12.2 Å². The molecule has 1 N–H and O–H groups in total. The molecular formula is C27H22F4N4O4S. The maximum absolute atomic E-state index is 13.2. The van der Waals surface area contributed by atoms with Gasteiger partial charge in [-0.2, -0.15) is 28.1 Å². The van der Waals surface area contributed by atoms with Crippen molar-refractivity contribution < 1.29 is 35.5 Å². The largest absolute Gasteiger partial charge is 0.454 e. The Hall–Kier alpha value is -4.39. The summed E-state index contributed by atoms with van der Waals surface area (Å²) in [5, 5.41) is 2.86. The van der Waals surface area contributed by atoms with Crippen molar-refractivity contribution in [3.8, 4) is 17.4 Å². The number of halogens is 4. The van der Waals surface area contributed by atoms with Gasteiger partial charge in [0.25, 0.3) is 0 Å². The van der Waals surface area contributed by atoms with Crippen molar-refractivity contribution in [2.45, 2.75) is 24.0 Å². The van der Waals surface area contributed by atoms with E-state index >= 15 is 0 Å². The van der Waals surface area contributed by atoms with E-state index in [0.29, 0.717) is 22.3 Å². The minimum atomic E-state index is -4.61. The second-order valence-corrected chi connectivity index (χ2v) is 10.8. The van der Waals surface area contributed by atoms with E-state index in [9.17, 15) is 30.8 Å². The molecule has 0 bridgehead atoms. The first-order valence-corrected chi connectivity index (χ1v) is 13.6. The van der Waals surface area contributed by atoms with Gasteiger partial charge in [0.1, 0.15) is 5.82 Å². The van der Waals surface area contributed by atoms with Gasteiger partial charge in [0.05, 0.1) is 4.90 Å². The van der Waals surface area contributed by atoms with Crippen LogP contribution in [0, 0.1) is 5.82 Å². The molecule has 40 heavy (non-hydrogen) atoms. The Morgan fingerprint density at radius 3 is 2.10 bits per heavy atom. The van der Waals surface area contributed by atoms with Crippen LogP contribution in [0.5, 0.6) is 6.01 Å². The van der Waals surface area contributed by atoms with E-state index in [1.54, 1.807) is 12.1 Å². The zero-order valence-corrected chi connectivity index (χ0v) is 21.8. The van der Waals surface area contributed by atoms with Crippen molar-refractivity contribution >= 4 is 21.6 Å². The van der Waals surface area contributed by atoms with Crippen LogP contribution in [0.3, 0.4) is 0 Å². The minimum absolute atomic E-state index is 0.00384. The van der Waals surface area contributed by atoms with Gasteiger partial charge in [0.15, 0.2) is 28.1 Å². The maximum Gasteiger partial charge on any atom is 0.422 e. The Labute approximate surface area is 227 Å². The minimum Gasteiger partial charge on any atom is -0.454 e. The van der Waals surface area contributed by atoms with Crippen molar-refractivity contribution in [1.82, 2.24) is 15.0 Å². The monoisotopic (exact) mass is 574 g/mol. The van der Waals surface area contributed by atoms with Crippen LogP contribution >= 0.6 is 0 Å². The van der Waals surface area contributed by atoms with Crippen LogP contribution in [-0.2, 0) is 22.8 Å². The van der Waals surface area contributed by atoms with Gasteiger partial charge in [-0.05, 0) is 35.4 Å². The predicted octanol–water partition coefficient (Wildman–Crippen LogP) is 5.06. The quantitative estimate of drug-likeness (QED) is 0.207. The molecule has 1 aromatic heterocycles. The Balaban J connectivity index is 1.52. The number of nitrogens with zero attached hydrogens (tertiary/aromatic N) is 3. The van der Waals surface area contributed by atoms with Gasteiger partial charge in [0, 0.05) is 30.3 Å². The number of aromatic nitrogens is 3. The predicted molar refractivity (Wildman–Crippen MR) is 138 cm³/mol. The van der Waals surface area contributed by atoms with Gasteiger partial charge in [-0.1, -0.05) is 48.5 Å². The zero-order valence-electron chi connectivity index (χ0n) is 20.9. The van der Waals surface area contributed by atoms with Crippen molar-refractivity contribution in [3.05, 3.63) is 95.3 Å². The first-order valence-electron chi connectivity index (χ1n) is 11.7. The fraction of sp³-hybridized carbons (Fsp3) is 0.185. The van der Waals surface area contributed by atoms with Crippen molar-refractivity contribution in [2.75, 3.05) is 18.2 Å². The highest BCUT2D eigenvalue weighted by Gasteiger charge is 2.29. The van der Waals surface area contributed by atoms with E-state index in [4.69, 9.17) is 4.74 Å². The standard InChI is InChI=1S/C27H22F4N4O4S/c1-40(37,38)22-12-4-17(5-13-22)14-23(36)19-6-8-20(9-7-19)24-33-25(32-15-18-2-10-21(28)11-3-18)35-26(34-24)39-16-27(29,30)31/h2-13H,14-16H2,1H3,(H,32,33,34,35). The molecule has 1 heterocycles. The summed E-state index contributed by atoms with van der Waals surface area (Å²) >= 11 is 0. The SMILES string of the molecule is CS(=O)(=O)c1ccc(CC(=O)c2ccc(-c3nc(NCc4ccc(F)cc4)nc(OCC(F)(F)F)n3)cc2)cc1. The molecule has 4 aromatic rings.